The molecule has 152 valence electrons. The Morgan fingerprint density at radius 2 is 2.07 bits per heavy atom. The van der Waals surface area contributed by atoms with E-state index in [0.717, 1.165) is 62.7 Å². The minimum Gasteiger partial charge on any atom is -0.340 e. The molecule has 1 N–H and O–H groups in total. The molecule has 1 amide bonds. The van der Waals surface area contributed by atoms with Crippen LogP contribution in [0.4, 0.5) is 0 Å². The number of carbonyl (C=O) groups is 1. The zero-order valence-electron chi connectivity index (χ0n) is 16.8. The lowest BCUT2D eigenvalue weighted by Crippen LogP contribution is -2.47. The molecule has 1 aliphatic rings. The van der Waals surface area contributed by atoms with Gasteiger partial charge in [-0.05, 0) is 32.3 Å². The van der Waals surface area contributed by atoms with Gasteiger partial charge in [0.2, 0.25) is 11.8 Å². The fourth-order valence-electron chi connectivity index (χ4n) is 3.70. The monoisotopic (exact) mass is 405 g/mol. The average Bonchev–Trinajstić information content (AvgIpc) is 3.23. The van der Waals surface area contributed by atoms with Crippen LogP contribution in [0.1, 0.15) is 74.8 Å². The molecule has 1 saturated carbocycles. The Kier molecular flexibility index (Phi) is 6.54. The van der Waals surface area contributed by atoms with Crippen LogP contribution in [0.3, 0.4) is 0 Å². The molecule has 0 aliphatic heterocycles. The smallest absolute Gasteiger partial charge is 0.244 e. The van der Waals surface area contributed by atoms with E-state index in [1.165, 1.54) is 6.08 Å². The van der Waals surface area contributed by atoms with Crippen LogP contribution >= 0.6 is 11.6 Å². The first-order valence-electron chi connectivity index (χ1n) is 9.99. The topological polar surface area (TPSA) is 85.8 Å². The van der Waals surface area contributed by atoms with Crippen molar-refractivity contribution in [3.05, 3.63) is 34.2 Å². The first-order chi connectivity index (χ1) is 13.4. The molecule has 1 fully saturated rings. The van der Waals surface area contributed by atoms with Gasteiger partial charge in [0.15, 0.2) is 5.82 Å². The minimum atomic E-state index is -0.568. The third-order valence-corrected chi connectivity index (χ3v) is 5.66. The average molecular weight is 406 g/mol. The molecule has 0 aromatic carbocycles. The van der Waals surface area contributed by atoms with E-state index in [0.29, 0.717) is 16.9 Å². The zero-order chi connectivity index (χ0) is 20.1. The van der Waals surface area contributed by atoms with Gasteiger partial charge in [-0.3, -0.25) is 9.48 Å². The maximum atomic E-state index is 12.7. The molecule has 0 saturated heterocycles. The summed E-state index contributed by atoms with van der Waals surface area (Å²) in [6.07, 6.45) is 10.1. The van der Waals surface area contributed by atoms with Crippen LogP contribution in [0, 0.1) is 13.8 Å². The lowest BCUT2D eigenvalue weighted by molar-refractivity contribution is -0.119. The van der Waals surface area contributed by atoms with E-state index in [9.17, 15) is 4.79 Å². The molecule has 1 aliphatic carbocycles. The van der Waals surface area contributed by atoms with Crippen molar-refractivity contribution < 1.29 is 9.32 Å². The van der Waals surface area contributed by atoms with Crippen molar-refractivity contribution in [3.8, 4) is 0 Å². The normalized spacial score (nSPS) is 16.6. The van der Waals surface area contributed by atoms with Crippen molar-refractivity contribution in [1.82, 2.24) is 25.2 Å². The summed E-state index contributed by atoms with van der Waals surface area (Å²) in [5.41, 5.74) is 1.02. The van der Waals surface area contributed by atoms with Gasteiger partial charge in [-0.2, -0.15) is 10.1 Å². The van der Waals surface area contributed by atoms with Crippen LogP contribution in [0.5, 0.6) is 0 Å². The predicted octanol–water partition coefficient (Wildman–Crippen LogP) is 4.33. The van der Waals surface area contributed by atoms with Crippen molar-refractivity contribution in [3.63, 3.8) is 0 Å². The molecular formula is C20H28ClN5O2. The Hall–Kier alpha value is -2.15. The number of hydrogen-bond acceptors (Lipinski definition) is 5. The molecule has 0 radical (unpaired) electrons. The van der Waals surface area contributed by atoms with Gasteiger partial charge in [0.25, 0.3) is 0 Å². The Labute approximate surface area is 170 Å². The second-order valence-electron chi connectivity index (χ2n) is 7.47. The molecule has 8 heteroatoms. The number of amides is 1. The zero-order valence-corrected chi connectivity index (χ0v) is 17.6. The van der Waals surface area contributed by atoms with Gasteiger partial charge in [0.05, 0.1) is 5.69 Å². The summed E-state index contributed by atoms with van der Waals surface area (Å²) < 4.78 is 6.96. The van der Waals surface area contributed by atoms with Crippen LogP contribution in [0.25, 0.3) is 6.08 Å². The summed E-state index contributed by atoms with van der Waals surface area (Å²) in [5.74, 6) is 0.876. The highest BCUT2D eigenvalue weighted by atomic mass is 35.5. The van der Waals surface area contributed by atoms with Gasteiger partial charge in [0, 0.05) is 25.1 Å². The molecular weight excluding hydrogens is 378 g/mol. The summed E-state index contributed by atoms with van der Waals surface area (Å²) in [4.78, 5) is 17.1. The number of nitrogens with one attached hydrogen (secondary N) is 1. The number of unbranched alkanes of at least 4 members (excludes halogenated alkanes) is 1. The lowest BCUT2D eigenvalue weighted by atomic mass is 9.81. The fraction of sp³-hybridized carbons (Fsp3) is 0.600. The molecule has 3 rings (SSSR count). The van der Waals surface area contributed by atoms with E-state index in [4.69, 9.17) is 16.1 Å². The number of hydrogen-bond donors (Lipinski definition) is 1. The number of rotatable bonds is 7. The SMILES string of the molecule is CCCCn1nc(C)c(/C=C/C(=O)NC2(c3noc(C)n3)CCCCC2)c1Cl. The van der Waals surface area contributed by atoms with E-state index in [1.54, 1.807) is 17.7 Å². The molecule has 7 nitrogen and oxygen atoms in total. The molecule has 2 aromatic rings. The van der Waals surface area contributed by atoms with Gasteiger partial charge in [-0.25, -0.2) is 0 Å². The number of aryl methyl sites for hydroxylation is 3. The van der Waals surface area contributed by atoms with Crippen molar-refractivity contribution in [2.24, 2.45) is 0 Å². The third kappa shape index (κ3) is 4.46. The van der Waals surface area contributed by atoms with E-state index in [-0.39, 0.29) is 5.91 Å². The summed E-state index contributed by atoms with van der Waals surface area (Å²) in [6, 6.07) is 0. The highest BCUT2D eigenvalue weighted by Crippen LogP contribution is 2.35. The molecule has 0 spiro atoms. The van der Waals surface area contributed by atoms with E-state index >= 15 is 0 Å². The number of aromatic nitrogens is 4. The van der Waals surface area contributed by atoms with Crippen molar-refractivity contribution in [2.75, 3.05) is 0 Å². The molecule has 0 bridgehead atoms. The quantitative estimate of drug-likeness (QED) is 0.693. The lowest BCUT2D eigenvalue weighted by Gasteiger charge is -2.34. The second-order valence-corrected chi connectivity index (χ2v) is 7.83. The largest absolute Gasteiger partial charge is 0.340 e. The summed E-state index contributed by atoms with van der Waals surface area (Å²) in [6.45, 7) is 6.56. The van der Waals surface area contributed by atoms with Gasteiger partial charge in [-0.15, -0.1) is 0 Å². The van der Waals surface area contributed by atoms with Crippen LogP contribution in [0.15, 0.2) is 10.6 Å². The van der Waals surface area contributed by atoms with Crippen molar-refractivity contribution >= 4 is 23.6 Å². The molecule has 0 unspecified atom stereocenters. The molecule has 2 aromatic heterocycles. The number of nitrogens with zero attached hydrogens (tertiary/aromatic N) is 4. The van der Waals surface area contributed by atoms with Crippen molar-refractivity contribution in [1.29, 1.82) is 0 Å². The second kappa shape index (κ2) is 8.90. The van der Waals surface area contributed by atoms with Gasteiger partial charge < -0.3 is 9.84 Å². The van der Waals surface area contributed by atoms with Crippen molar-refractivity contribution in [2.45, 2.75) is 77.8 Å². The van der Waals surface area contributed by atoms with Crippen LogP contribution in [0.2, 0.25) is 5.15 Å². The van der Waals surface area contributed by atoms with Gasteiger partial charge >= 0.3 is 0 Å². The van der Waals surface area contributed by atoms with Gasteiger partial charge in [0.1, 0.15) is 10.7 Å². The minimum absolute atomic E-state index is 0.193. The van der Waals surface area contributed by atoms with Crippen LogP contribution in [-0.4, -0.2) is 25.8 Å². The van der Waals surface area contributed by atoms with Gasteiger partial charge in [-0.1, -0.05) is 49.4 Å². The van der Waals surface area contributed by atoms with E-state index in [2.05, 4.69) is 27.5 Å². The third-order valence-electron chi connectivity index (χ3n) is 5.26. The maximum Gasteiger partial charge on any atom is 0.244 e. The highest BCUT2D eigenvalue weighted by molar-refractivity contribution is 6.31. The van der Waals surface area contributed by atoms with E-state index in [1.807, 2.05) is 6.92 Å². The first-order valence-corrected chi connectivity index (χ1v) is 10.4. The predicted molar refractivity (Wildman–Crippen MR) is 108 cm³/mol. The Bertz CT molecular complexity index is 849. The van der Waals surface area contributed by atoms with Crippen LogP contribution < -0.4 is 5.32 Å². The number of carbonyl (C=O) groups excluding carboxylic acids is 1. The maximum absolute atomic E-state index is 12.7. The summed E-state index contributed by atoms with van der Waals surface area (Å²) in [5, 5.41) is 12.3. The Morgan fingerprint density at radius 3 is 2.71 bits per heavy atom. The molecule has 28 heavy (non-hydrogen) atoms. The fourth-order valence-corrected chi connectivity index (χ4v) is 4.02. The Morgan fingerprint density at radius 1 is 1.32 bits per heavy atom. The number of halogens is 1. The standard InChI is InChI=1S/C20H28ClN5O2/c1-4-5-13-26-18(21)16(14(2)24-26)9-10-17(27)23-20(11-7-6-8-12-20)19-22-15(3)28-25-19/h9-10H,4-8,11-13H2,1-3H3,(H,23,27)/b10-9+. The Balaban J connectivity index is 1.76. The summed E-state index contributed by atoms with van der Waals surface area (Å²) >= 11 is 6.45. The highest BCUT2D eigenvalue weighted by Gasteiger charge is 2.39. The first kappa shape index (κ1) is 20.6. The van der Waals surface area contributed by atoms with Crippen LogP contribution in [-0.2, 0) is 16.9 Å². The molecule has 0 atom stereocenters. The summed E-state index contributed by atoms with van der Waals surface area (Å²) in [7, 11) is 0. The van der Waals surface area contributed by atoms with E-state index < -0.39 is 5.54 Å². The molecule has 2 heterocycles.